The highest BCUT2D eigenvalue weighted by atomic mass is 35.5. The quantitative estimate of drug-likeness (QED) is 0.778. The van der Waals surface area contributed by atoms with Crippen LogP contribution in [0.4, 0.5) is 5.69 Å². The Bertz CT molecular complexity index is 415. The summed E-state index contributed by atoms with van der Waals surface area (Å²) in [5.41, 5.74) is 7.39. The number of amides is 1. The summed E-state index contributed by atoms with van der Waals surface area (Å²) in [5, 5.41) is 0.564. The number of halogens is 1. The first-order valence-electron chi connectivity index (χ1n) is 6.90. The molecule has 1 amide bonds. The smallest absolute Gasteiger partial charge is 0.222 e. The van der Waals surface area contributed by atoms with Crippen molar-refractivity contribution in [1.29, 1.82) is 0 Å². The maximum Gasteiger partial charge on any atom is 0.222 e. The zero-order valence-corrected chi connectivity index (χ0v) is 12.5. The van der Waals surface area contributed by atoms with Gasteiger partial charge >= 0.3 is 0 Å². The van der Waals surface area contributed by atoms with Crippen molar-refractivity contribution in [2.45, 2.75) is 39.5 Å². The molecule has 0 fully saturated rings. The first kappa shape index (κ1) is 15.8. The van der Waals surface area contributed by atoms with Crippen molar-refractivity contribution >= 4 is 23.2 Å². The SMILES string of the molecule is CCCN(CCC)C(=O)CCc1ccc(Cl)c(N)c1. The highest BCUT2D eigenvalue weighted by Crippen LogP contribution is 2.20. The third-order valence-corrected chi connectivity index (χ3v) is 3.37. The predicted molar refractivity (Wildman–Crippen MR) is 81.3 cm³/mol. The largest absolute Gasteiger partial charge is 0.398 e. The van der Waals surface area contributed by atoms with Gasteiger partial charge in [0.1, 0.15) is 0 Å². The zero-order valence-electron chi connectivity index (χ0n) is 11.8. The molecule has 4 heteroatoms. The topological polar surface area (TPSA) is 46.3 Å². The normalized spacial score (nSPS) is 10.5. The molecule has 0 saturated heterocycles. The second-order valence-electron chi connectivity index (χ2n) is 4.74. The van der Waals surface area contributed by atoms with Crippen LogP contribution in [0.15, 0.2) is 18.2 Å². The second-order valence-corrected chi connectivity index (χ2v) is 5.14. The van der Waals surface area contributed by atoms with Gasteiger partial charge in [-0.25, -0.2) is 0 Å². The van der Waals surface area contributed by atoms with E-state index in [1.807, 2.05) is 17.0 Å². The number of nitrogens with two attached hydrogens (primary N) is 1. The first-order chi connectivity index (χ1) is 9.08. The highest BCUT2D eigenvalue weighted by Gasteiger charge is 2.11. The molecule has 0 saturated carbocycles. The molecule has 0 heterocycles. The number of rotatable bonds is 7. The van der Waals surface area contributed by atoms with Gasteiger partial charge in [-0.05, 0) is 37.0 Å². The van der Waals surface area contributed by atoms with Gasteiger partial charge in [0.2, 0.25) is 5.91 Å². The van der Waals surface area contributed by atoms with Crippen molar-refractivity contribution < 1.29 is 4.79 Å². The number of carbonyl (C=O) groups is 1. The molecule has 3 nitrogen and oxygen atoms in total. The van der Waals surface area contributed by atoms with Crippen LogP contribution in [-0.4, -0.2) is 23.9 Å². The highest BCUT2D eigenvalue weighted by molar-refractivity contribution is 6.33. The fraction of sp³-hybridized carbons (Fsp3) is 0.533. The Morgan fingerprint density at radius 2 is 1.89 bits per heavy atom. The summed E-state index contributed by atoms with van der Waals surface area (Å²) >= 11 is 5.88. The number of benzene rings is 1. The fourth-order valence-electron chi connectivity index (χ4n) is 2.06. The Morgan fingerprint density at radius 3 is 2.42 bits per heavy atom. The van der Waals surface area contributed by atoms with Crippen molar-refractivity contribution in [2.24, 2.45) is 0 Å². The van der Waals surface area contributed by atoms with Crippen molar-refractivity contribution in [2.75, 3.05) is 18.8 Å². The average molecular weight is 283 g/mol. The number of carbonyl (C=O) groups excluding carboxylic acids is 1. The summed E-state index contributed by atoms with van der Waals surface area (Å²) in [6.07, 6.45) is 3.24. The number of aryl methyl sites for hydroxylation is 1. The molecule has 0 unspecified atom stereocenters. The van der Waals surface area contributed by atoms with Crippen LogP contribution < -0.4 is 5.73 Å². The Balaban J connectivity index is 2.54. The lowest BCUT2D eigenvalue weighted by Crippen LogP contribution is -2.32. The molecule has 0 bridgehead atoms. The molecular weight excluding hydrogens is 260 g/mol. The third-order valence-electron chi connectivity index (χ3n) is 3.03. The lowest BCUT2D eigenvalue weighted by atomic mass is 10.1. The van der Waals surface area contributed by atoms with E-state index in [1.165, 1.54) is 0 Å². The molecule has 1 rings (SSSR count). The van der Waals surface area contributed by atoms with Crippen LogP contribution in [0.3, 0.4) is 0 Å². The standard InChI is InChI=1S/C15H23ClN2O/c1-3-9-18(10-4-2)15(19)8-6-12-5-7-13(16)14(17)11-12/h5,7,11H,3-4,6,8-10,17H2,1-2H3. The number of anilines is 1. The first-order valence-corrected chi connectivity index (χ1v) is 7.28. The Hall–Kier alpha value is -1.22. The Kier molecular flexibility index (Phi) is 6.71. The van der Waals surface area contributed by atoms with E-state index in [4.69, 9.17) is 17.3 Å². The van der Waals surface area contributed by atoms with Crippen LogP contribution in [0.2, 0.25) is 5.02 Å². The van der Waals surface area contributed by atoms with Crippen molar-refractivity contribution in [3.63, 3.8) is 0 Å². The lowest BCUT2D eigenvalue weighted by molar-refractivity contribution is -0.131. The van der Waals surface area contributed by atoms with E-state index >= 15 is 0 Å². The zero-order chi connectivity index (χ0) is 14.3. The molecule has 0 aromatic heterocycles. The minimum Gasteiger partial charge on any atom is -0.398 e. The number of hydrogen-bond donors (Lipinski definition) is 1. The van der Waals surface area contributed by atoms with Crippen molar-refractivity contribution in [3.05, 3.63) is 28.8 Å². The molecule has 0 atom stereocenters. The Labute approximate surface area is 120 Å². The van der Waals surface area contributed by atoms with E-state index in [9.17, 15) is 4.79 Å². The van der Waals surface area contributed by atoms with Crippen molar-refractivity contribution in [1.82, 2.24) is 4.90 Å². The maximum absolute atomic E-state index is 12.1. The van der Waals surface area contributed by atoms with Gasteiger partial charge in [-0.1, -0.05) is 31.5 Å². The lowest BCUT2D eigenvalue weighted by Gasteiger charge is -2.21. The summed E-state index contributed by atoms with van der Waals surface area (Å²) in [6.45, 7) is 5.87. The monoisotopic (exact) mass is 282 g/mol. The van der Waals surface area contributed by atoms with Crippen LogP contribution in [0.1, 0.15) is 38.7 Å². The molecule has 0 aliphatic carbocycles. The molecule has 0 spiro atoms. The molecule has 1 aromatic rings. The number of nitrogens with zero attached hydrogens (tertiary/aromatic N) is 1. The van der Waals surface area contributed by atoms with E-state index in [2.05, 4.69) is 13.8 Å². The van der Waals surface area contributed by atoms with Gasteiger partial charge in [0, 0.05) is 19.5 Å². The van der Waals surface area contributed by atoms with E-state index in [-0.39, 0.29) is 5.91 Å². The molecule has 19 heavy (non-hydrogen) atoms. The van der Waals surface area contributed by atoms with Crippen LogP contribution in [0.25, 0.3) is 0 Å². The third kappa shape index (κ3) is 5.11. The number of hydrogen-bond acceptors (Lipinski definition) is 2. The van der Waals surface area contributed by atoms with Crippen LogP contribution in [-0.2, 0) is 11.2 Å². The Morgan fingerprint density at radius 1 is 1.26 bits per heavy atom. The van der Waals surface area contributed by atoms with Gasteiger partial charge < -0.3 is 10.6 Å². The molecular formula is C15H23ClN2O. The van der Waals surface area contributed by atoms with E-state index in [0.717, 1.165) is 31.5 Å². The fourth-order valence-corrected chi connectivity index (χ4v) is 2.18. The number of nitrogen functional groups attached to an aromatic ring is 1. The van der Waals surface area contributed by atoms with Gasteiger partial charge in [0.15, 0.2) is 0 Å². The molecule has 0 aliphatic rings. The maximum atomic E-state index is 12.1. The summed E-state index contributed by atoms with van der Waals surface area (Å²) < 4.78 is 0. The average Bonchev–Trinajstić information content (AvgIpc) is 2.39. The van der Waals surface area contributed by atoms with Gasteiger partial charge in [0.05, 0.1) is 10.7 Å². The van der Waals surface area contributed by atoms with Gasteiger partial charge in [0.25, 0.3) is 0 Å². The van der Waals surface area contributed by atoms with E-state index in [1.54, 1.807) is 6.07 Å². The molecule has 1 aromatic carbocycles. The summed E-state index contributed by atoms with van der Waals surface area (Å²) in [7, 11) is 0. The summed E-state index contributed by atoms with van der Waals surface area (Å²) in [5.74, 6) is 0.220. The molecule has 0 radical (unpaired) electrons. The van der Waals surface area contributed by atoms with Crippen LogP contribution in [0, 0.1) is 0 Å². The van der Waals surface area contributed by atoms with Gasteiger partial charge in [-0.2, -0.15) is 0 Å². The van der Waals surface area contributed by atoms with Gasteiger partial charge in [-0.3, -0.25) is 4.79 Å². The van der Waals surface area contributed by atoms with Crippen molar-refractivity contribution in [3.8, 4) is 0 Å². The van der Waals surface area contributed by atoms with Crippen LogP contribution in [0.5, 0.6) is 0 Å². The predicted octanol–water partition coefficient (Wildman–Crippen LogP) is 3.50. The molecule has 0 aliphatic heterocycles. The minimum absolute atomic E-state index is 0.220. The van der Waals surface area contributed by atoms with Crippen LogP contribution >= 0.6 is 11.6 Å². The molecule has 2 N–H and O–H groups in total. The summed E-state index contributed by atoms with van der Waals surface area (Å²) in [6, 6.07) is 5.56. The summed E-state index contributed by atoms with van der Waals surface area (Å²) in [4.78, 5) is 14.1. The van der Waals surface area contributed by atoms with E-state index in [0.29, 0.717) is 23.6 Å². The second kappa shape index (κ2) is 8.05. The van der Waals surface area contributed by atoms with E-state index < -0.39 is 0 Å². The molecule has 106 valence electrons. The minimum atomic E-state index is 0.220. The van der Waals surface area contributed by atoms with Gasteiger partial charge in [-0.15, -0.1) is 0 Å².